The van der Waals surface area contributed by atoms with E-state index in [0.29, 0.717) is 6.54 Å². The molecular formula is C19H19ClN2O4. The van der Waals surface area contributed by atoms with Crippen molar-refractivity contribution in [3.8, 4) is 0 Å². The van der Waals surface area contributed by atoms with Crippen LogP contribution in [0.1, 0.15) is 23.7 Å². The quantitative estimate of drug-likeness (QED) is 0.620. The average molecular weight is 375 g/mol. The van der Waals surface area contributed by atoms with Crippen LogP contribution < -0.4 is 10.2 Å². The normalized spacial score (nSPS) is 10.1. The van der Waals surface area contributed by atoms with Crippen LogP contribution in [0.3, 0.4) is 0 Å². The number of ether oxygens (including phenoxy) is 1. The van der Waals surface area contributed by atoms with Crippen LogP contribution in [-0.2, 0) is 14.3 Å². The fourth-order valence-electron chi connectivity index (χ4n) is 2.40. The average Bonchev–Trinajstić information content (AvgIpc) is 2.64. The van der Waals surface area contributed by atoms with Gasteiger partial charge in [0.05, 0.1) is 23.4 Å². The van der Waals surface area contributed by atoms with Gasteiger partial charge in [-0.2, -0.15) is 0 Å². The molecule has 2 aromatic carbocycles. The summed E-state index contributed by atoms with van der Waals surface area (Å²) < 4.78 is 4.64. The van der Waals surface area contributed by atoms with Crippen molar-refractivity contribution in [3.05, 3.63) is 59.1 Å². The maximum absolute atomic E-state index is 12.4. The number of nitrogens with one attached hydrogen (secondary N) is 1. The number of hydrogen-bond donors (Lipinski definition) is 1. The van der Waals surface area contributed by atoms with Crippen molar-refractivity contribution in [2.45, 2.75) is 13.3 Å². The van der Waals surface area contributed by atoms with Crippen LogP contribution in [0.4, 0.5) is 11.4 Å². The highest BCUT2D eigenvalue weighted by molar-refractivity contribution is 6.34. The summed E-state index contributed by atoms with van der Waals surface area (Å²) in [5.41, 5.74) is 1.21. The lowest BCUT2D eigenvalue weighted by atomic mass is 10.2. The van der Waals surface area contributed by atoms with Crippen LogP contribution in [0.25, 0.3) is 0 Å². The van der Waals surface area contributed by atoms with Gasteiger partial charge in [0, 0.05) is 12.2 Å². The first-order valence-electron chi connectivity index (χ1n) is 7.99. The standard InChI is InChI=1S/C19H19ClN2O4/c1-3-22(14-7-5-4-6-8-14)18(24)12-17(23)21-16-11-13(19(25)26-2)9-10-15(16)20/h4-11H,3,12H2,1-2H3,(H,21,23). The number of amides is 2. The number of esters is 1. The Labute approximate surface area is 156 Å². The van der Waals surface area contributed by atoms with Crippen molar-refractivity contribution in [2.24, 2.45) is 0 Å². The summed E-state index contributed by atoms with van der Waals surface area (Å²) in [6, 6.07) is 13.5. The molecule has 1 N–H and O–H groups in total. The Morgan fingerprint density at radius 2 is 1.81 bits per heavy atom. The molecule has 0 spiro atoms. The smallest absolute Gasteiger partial charge is 0.337 e. The maximum Gasteiger partial charge on any atom is 0.337 e. The molecule has 0 radical (unpaired) electrons. The molecule has 0 aromatic heterocycles. The molecule has 136 valence electrons. The van der Waals surface area contributed by atoms with Crippen LogP contribution in [-0.4, -0.2) is 31.4 Å². The van der Waals surface area contributed by atoms with E-state index in [1.165, 1.54) is 30.2 Å². The van der Waals surface area contributed by atoms with E-state index >= 15 is 0 Å². The highest BCUT2D eigenvalue weighted by Gasteiger charge is 2.18. The van der Waals surface area contributed by atoms with Crippen LogP contribution in [0.2, 0.25) is 5.02 Å². The van der Waals surface area contributed by atoms with Gasteiger partial charge in [-0.1, -0.05) is 29.8 Å². The molecule has 0 atom stereocenters. The summed E-state index contributed by atoms with van der Waals surface area (Å²) in [7, 11) is 1.26. The molecule has 7 heteroatoms. The lowest BCUT2D eigenvalue weighted by molar-refractivity contribution is -0.125. The zero-order valence-electron chi connectivity index (χ0n) is 14.5. The number of carbonyl (C=O) groups excluding carboxylic acids is 3. The van der Waals surface area contributed by atoms with Crippen molar-refractivity contribution in [3.63, 3.8) is 0 Å². The molecule has 0 aliphatic heterocycles. The van der Waals surface area contributed by atoms with Gasteiger partial charge in [-0.05, 0) is 37.3 Å². The third-order valence-electron chi connectivity index (χ3n) is 3.66. The van der Waals surface area contributed by atoms with Crippen LogP contribution in [0.5, 0.6) is 0 Å². The molecule has 0 saturated carbocycles. The Morgan fingerprint density at radius 3 is 2.42 bits per heavy atom. The van der Waals surface area contributed by atoms with Gasteiger partial charge in [-0.15, -0.1) is 0 Å². The molecule has 0 bridgehead atoms. The predicted octanol–water partition coefficient (Wildman–Crippen LogP) is 3.51. The number of rotatable bonds is 6. The van der Waals surface area contributed by atoms with E-state index < -0.39 is 11.9 Å². The molecule has 0 aliphatic rings. The minimum Gasteiger partial charge on any atom is -0.465 e. The van der Waals surface area contributed by atoms with Gasteiger partial charge in [0.2, 0.25) is 11.8 Å². The summed E-state index contributed by atoms with van der Waals surface area (Å²) in [6.45, 7) is 2.27. The molecule has 0 heterocycles. The summed E-state index contributed by atoms with van der Waals surface area (Å²) in [6.07, 6.45) is -0.346. The number of benzene rings is 2. The second-order valence-corrected chi connectivity index (χ2v) is 5.79. The van der Waals surface area contributed by atoms with Crippen LogP contribution in [0.15, 0.2) is 48.5 Å². The Hall–Kier alpha value is -2.86. The third-order valence-corrected chi connectivity index (χ3v) is 3.99. The van der Waals surface area contributed by atoms with Gasteiger partial charge >= 0.3 is 5.97 Å². The van der Waals surface area contributed by atoms with E-state index in [9.17, 15) is 14.4 Å². The second kappa shape index (κ2) is 9.01. The monoisotopic (exact) mass is 374 g/mol. The zero-order chi connectivity index (χ0) is 19.1. The first-order valence-corrected chi connectivity index (χ1v) is 8.37. The lowest BCUT2D eigenvalue weighted by Crippen LogP contribution is -2.33. The molecule has 0 saturated heterocycles. The number of hydrogen-bond acceptors (Lipinski definition) is 4. The SMILES string of the molecule is CCN(C(=O)CC(=O)Nc1cc(C(=O)OC)ccc1Cl)c1ccccc1. The highest BCUT2D eigenvalue weighted by Crippen LogP contribution is 2.24. The maximum atomic E-state index is 12.4. The second-order valence-electron chi connectivity index (χ2n) is 5.38. The number of halogens is 1. The lowest BCUT2D eigenvalue weighted by Gasteiger charge is -2.20. The Bertz CT molecular complexity index is 808. The van der Waals surface area contributed by atoms with E-state index in [1.807, 2.05) is 25.1 Å². The van der Waals surface area contributed by atoms with Gasteiger partial charge in [0.1, 0.15) is 6.42 Å². The minimum absolute atomic E-state index is 0.245. The molecular weight excluding hydrogens is 356 g/mol. The van der Waals surface area contributed by atoms with E-state index in [2.05, 4.69) is 10.1 Å². The zero-order valence-corrected chi connectivity index (χ0v) is 15.2. The number of anilines is 2. The van der Waals surface area contributed by atoms with Crippen LogP contribution >= 0.6 is 11.6 Å². The van der Waals surface area contributed by atoms with Gasteiger partial charge < -0.3 is 15.0 Å². The molecule has 0 unspecified atom stereocenters. The van der Waals surface area contributed by atoms with Gasteiger partial charge in [-0.3, -0.25) is 9.59 Å². The number of methoxy groups -OCH3 is 1. The van der Waals surface area contributed by atoms with E-state index in [0.717, 1.165) is 5.69 Å². The van der Waals surface area contributed by atoms with Crippen molar-refractivity contribution in [1.29, 1.82) is 0 Å². The van der Waals surface area contributed by atoms with Crippen molar-refractivity contribution >= 4 is 40.8 Å². The van der Waals surface area contributed by atoms with Crippen molar-refractivity contribution < 1.29 is 19.1 Å². The minimum atomic E-state index is -0.547. The Kier molecular flexibility index (Phi) is 6.74. The first kappa shape index (κ1) is 19.5. The van der Waals surface area contributed by atoms with Gasteiger partial charge in [0.15, 0.2) is 0 Å². The largest absolute Gasteiger partial charge is 0.465 e. The Balaban J connectivity index is 2.08. The summed E-state index contributed by atoms with van der Waals surface area (Å²) in [4.78, 5) is 37.8. The van der Waals surface area contributed by atoms with Crippen LogP contribution in [0, 0.1) is 0 Å². The van der Waals surface area contributed by atoms with E-state index in [1.54, 1.807) is 12.1 Å². The molecule has 0 aliphatic carbocycles. The third kappa shape index (κ3) is 4.83. The fraction of sp³-hybridized carbons (Fsp3) is 0.211. The number of para-hydroxylation sites is 1. The van der Waals surface area contributed by atoms with Crippen molar-refractivity contribution in [2.75, 3.05) is 23.9 Å². The molecule has 6 nitrogen and oxygen atoms in total. The van der Waals surface area contributed by atoms with E-state index in [-0.39, 0.29) is 28.6 Å². The van der Waals surface area contributed by atoms with Gasteiger partial charge in [-0.25, -0.2) is 4.79 Å². The first-order chi connectivity index (χ1) is 12.5. The fourth-order valence-corrected chi connectivity index (χ4v) is 2.57. The molecule has 2 amide bonds. The molecule has 2 aromatic rings. The van der Waals surface area contributed by atoms with E-state index in [4.69, 9.17) is 11.6 Å². The summed E-state index contributed by atoms with van der Waals surface area (Å²) in [5.74, 6) is -1.40. The highest BCUT2D eigenvalue weighted by atomic mass is 35.5. The number of nitrogens with zero attached hydrogens (tertiary/aromatic N) is 1. The predicted molar refractivity (Wildman–Crippen MR) is 101 cm³/mol. The summed E-state index contributed by atoms with van der Waals surface area (Å²) in [5, 5.41) is 2.82. The Morgan fingerprint density at radius 1 is 1.12 bits per heavy atom. The van der Waals surface area contributed by atoms with Gasteiger partial charge in [0.25, 0.3) is 0 Å². The number of carbonyl (C=O) groups is 3. The topological polar surface area (TPSA) is 75.7 Å². The summed E-state index contributed by atoms with van der Waals surface area (Å²) >= 11 is 6.05. The molecule has 2 rings (SSSR count). The van der Waals surface area contributed by atoms with Crippen molar-refractivity contribution in [1.82, 2.24) is 0 Å². The molecule has 0 fully saturated rings. The molecule has 26 heavy (non-hydrogen) atoms.